The van der Waals surface area contributed by atoms with Gasteiger partial charge in [-0.1, -0.05) is 11.3 Å². The molecule has 0 radical (unpaired) electrons. The molecule has 2 aromatic heterocycles. The first-order valence-corrected chi connectivity index (χ1v) is 7.38. The molecular formula is C11H14N4O2S2. The van der Waals surface area contributed by atoms with E-state index in [1.54, 1.807) is 25.3 Å². The van der Waals surface area contributed by atoms with Crippen molar-refractivity contribution in [3.05, 3.63) is 16.8 Å². The normalized spacial score (nSPS) is 12.2. The van der Waals surface area contributed by atoms with E-state index in [0.29, 0.717) is 5.13 Å². The lowest BCUT2D eigenvalue weighted by atomic mass is 10.3. The Bertz CT molecular complexity index is 541. The molecule has 0 aliphatic rings. The van der Waals surface area contributed by atoms with E-state index in [9.17, 15) is 4.79 Å². The van der Waals surface area contributed by atoms with Gasteiger partial charge in [0.15, 0.2) is 0 Å². The Labute approximate surface area is 118 Å². The fourth-order valence-corrected chi connectivity index (χ4v) is 2.72. The molecule has 102 valence electrons. The van der Waals surface area contributed by atoms with Crippen LogP contribution in [0.15, 0.2) is 16.8 Å². The van der Waals surface area contributed by atoms with E-state index in [1.165, 1.54) is 16.2 Å². The number of carbonyl (C=O) groups is 1. The Morgan fingerprint density at radius 1 is 1.58 bits per heavy atom. The number of hydrogen-bond donors (Lipinski definition) is 2. The molecule has 0 spiro atoms. The molecule has 6 nitrogen and oxygen atoms in total. The monoisotopic (exact) mass is 298 g/mol. The quantitative estimate of drug-likeness (QED) is 0.906. The number of thiophene rings is 1. The molecule has 0 fully saturated rings. The molecule has 2 rings (SSSR count). The number of aliphatic hydroxyl groups is 1. The molecule has 2 amide bonds. The number of aliphatic hydroxyl groups excluding tert-OH is 1. The Hall–Kier alpha value is -1.51. The lowest BCUT2D eigenvalue weighted by Crippen LogP contribution is -2.40. The number of amides is 2. The summed E-state index contributed by atoms with van der Waals surface area (Å²) >= 11 is 2.90. The minimum atomic E-state index is -0.311. The van der Waals surface area contributed by atoms with Crippen LogP contribution in [0.4, 0.5) is 9.93 Å². The topological polar surface area (TPSA) is 78.4 Å². The summed E-state index contributed by atoms with van der Waals surface area (Å²) in [5.41, 5.74) is 1.00. The van der Waals surface area contributed by atoms with E-state index < -0.39 is 0 Å². The van der Waals surface area contributed by atoms with Crippen molar-refractivity contribution in [2.24, 2.45) is 0 Å². The Morgan fingerprint density at radius 2 is 2.37 bits per heavy atom. The average Bonchev–Trinajstić information content (AvgIpc) is 3.06. The summed E-state index contributed by atoms with van der Waals surface area (Å²) in [5.74, 6) is 0. The highest BCUT2D eigenvalue weighted by atomic mass is 32.1. The van der Waals surface area contributed by atoms with Gasteiger partial charge in [-0.25, -0.2) is 4.79 Å². The van der Waals surface area contributed by atoms with Gasteiger partial charge in [0, 0.05) is 18.0 Å². The average molecular weight is 298 g/mol. The van der Waals surface area contributed by atoms with E-state index in [4.69, 9.17) is 5.11 Å². The highest BCUT2D eigenvalue weighted by Gasteiger charge is 2.17. The second-order valence-corrected chi connectivity index (χ2v) is 5.75. The van der Waals surface area contributed by atoms with Crippen LogP contribution < -0.4 is 5.32 Å². The maximum atomic E-state index is 11.9. The van der Waals surface area contributed by atoms with Crippen LogP contribution in [-0.4, -0.2) is 45.9 Å². The molecule has 0 saturated heterocycles. The lowest BCUT2D eigenvalue weighted by molar-refractivity contribution is 0.166. The third-order valence-corrected chi connectivity index (χ3v) is 4.22. The number of anilines is 1. The molecule has 0 aliphatic carbocycles. The molecule has 2 heterocycles. The summed E-state index contributed by atoms with van der Waals surface area (Å²) in [5, 5.41) is 24.8. The lowest BCUT2D eigenvalue weighted by Gasteiger charge is -2.22. The zero-order valence-electron chi connectivity index (χ0n) is 10.5. The van der Waals surface area contributed by atoms with E-state index >= 15 is 0 Å². The van der Waals surface area contributed by atoms with Crippen LogP contribution in [0, 0.1) is 0 Å². The number of likely N-dealkylation sites (N-methyl/N-ethyl adjacent to an activating group) is 1. The van der Waals surface area contributed by atoms with E-state index in [1.807, 2.05) is 16.8 Å². The molecule has 2 aromatic rings. The van der Waals surface area contributed by atoms with Crippen molar-refractivity contribution in [1.29, 1.82) is 0 Å². The van der Waals surface area contributed by atoms with Gasteiger partial charge in [0.1, 0.15) is 5.01 Å². The maximum Gasteiger partial charge on any atom is 0.323 e. The van der Waals surface area contributed by atoms with Gasteiger partial charge in [-0.05, 0) is 18.4 Å². The highest BCUT2D eigenvalue weighted by molar-refractivity contribution is 7.19. The van der Waals surface area contributed by atoms with Gasteiger partial charge in [-0.15, -0.1) is 10.2 Å². The summed E-state index contributed by atoms with van der Waals surface area (Å²) in [6.07, 6.45) is 0. The van der Waals surface area contributed by atoms with Gasteiger partial charge in [-0.2, -0.15) is 11.3 Å². The van der Waals surface area contributed by atoms with Crippen LogP contribution in [0.1, 0.15) is 6.92 Å². The predicted molar refractivity (Wildman–Crippen MR) is 76.6 cm³/mol. The number of rotatable bonds is 4. The molecule has 2 N–H and O–H groups in total. The highest BCUT2D eigenvalue weighted by Crippen LogP contribution is 2.27. The largest absolute Gasteiger partial charge is 0.394 e. The zero-order valence-corrected chi connectivity index (χ0v) is 12.2. The number of nitrogens with zero attached hydrogens (tertiary/aromatic N) is 3. The minimum Gasteiger partial charge on any atom is -0.394 e. The fourth-order valence-electron chi connectivity index (χ4n) is 1.28. The summed E-state index contributed by atoms with van der Waals surface area (Å²) in [6.45, 7) is 1.68. The first kappa shape index (κ1) is 13.9. The molecule has 0 aromatic carbocycles. The Morgan fingerprint density at radius 3 is 3.00 bits per heavy atom. The SMILES string of the molecule is CC(CO)N(C)C(=O)Nc1nnc(-c2ccsc2)s1. The summed E-state index contributed by atoms with van der Waals surface area (Å²) in [6, 6.07) is 1.40. The van der Waals surface area contributed by atoms with Crippen molar-refractivity contribution < 1.29 is 9.90 Å². The smallest absolute Gasteiger partial charge is 0.323 e. The second kappa shape index (κ2) is 6.09. The standard InChI is InChI=1S/C11H14N4O2S2/c1-7(5-16)15(2)11(17)12-10-14-13-9(19-10)8-3-4-18-6-8/h3-4,6-7,16H,5H2,1-2H3,(H,12,14,17). The molecule has 1 unspecified atom stereocenters. The third kappa shape index (κ3) is 3.28. The van der Waals surface area contributed by atoms with E-state index in [2.05, 4.69) is 15.5 Å². The third-order valence-electron chi connectivity index (χ3n) is 2.65. The van der Waals surface area contributed by atoms with E-state index in [-0.39, 0.29) is 18.7 Å². The predicted octanol–water partition coefficient (Wildman–Crippen LogP) is 2.11. The van der Waals surface area contributed by atoms with Crippen molar-refractivity contribution in [1.82, 2.24) is 15.1 Å². The summed E-state index contributed by atoms with van der Waals surface area (Å²) in [7, 11) is 1.62. The molecular weight excluding hydrogens is 284 g/mol. The van der Waals surface area contributed by atoms with Crippen molar-refractivity contribution in [3.8, 4) is 10.6 Å². The minimum absolute atomic E-state index is 0.0831. The maximum absolute atomic E-state index is 11.9. The summed E-state index contributed by atoms with van der Waals surface area (Å²) < 4.78 is 0. The Balaban J connectivity index is 2.02. The first-order chi connectivity index (χ1) is 9.11. The number of nitrogens with one attached hydrogen (secondary N) is 1. The zero-order chi connectivity index (χ0) is 13.8. The second-order valence-electron chi connectivity index (χ2n) is 4.00. The van der Waals surface area contributed by atoms with Gasteiger partial charge in [-0.3, -0.25) is 5.32 Å². The van der Waals surface area contributed by atoms with Crippen LogP contribution in [0.25, 0.3) is 10.6 Å². The first-order valence-electron chi connectivity index (χ1n) is 5.62. The van der Waals surface area contributed by atoms with Crippen LogP contribution >= 0.6 is 22.7 Å². The van der Waals surface area contributed by atoms with Crippen LogP contribution in [0.3, 0.4) is 0 Å². The van der Waals surface area contributed by atoms with Gasteiger partial charge in [0.25, 0.3) is 0 Å². The van der Waals surface area contributed by atoms with Crippen molar-refractivity contribution in [3.63, 3.8) is 0 Å². The summed E-state index contributed by atoms with van der Waals surface area (Å²) in [4.78, 5) is 13.3. The number of hydrogen-bond acceptors (Lipinski definition) is 6. The molecule has 1 atom stereocenters. The molecule has 0 saturated carbocycles. The van der Waals surface area contributed by atoms with Gasteiger partial charge >= 0.3 is 6.03 Å². The number of aromatic nitrogens is 2. The van der Waals surface area contributed by atoms with Crippen LogP contribution in [-0.2, 0) is 0 Å². The van der Waals surface area contributed by atoms with Gasteiger partial charge < -0.3 is 10.0 Å². The molecule has 0 bridgehead atoms. The number of urea groups is 1. The van der Waals surface area contributed by atoms with Gasteiger partial charge in [0.05, 0.1) is 12.6 Å². The van der Waals surface area contributed by atoms with E-state index in [0.717, 1.165) is 10.6 Å². The van der Waals surface area contributed by atoms with Gasteiger partial charge in [0.2, 0.25) is 5.13 Å². The fraction of sp³-hybridized carbons (Fsp3) is 0.364. The molecule has 8 heteroatoms. The van der Waals surface area contributed by atoms with Crippen molar-refractivity contribution >= 4 is 33.8 Å². The molecule has 0 aliphatic heterocycles. The molecule has 19 heavy (non-hydrogen) atoms. The van der Waals surface area contributed by atoms with Crippen molar-refractivity contribution in [2.75, 3.05) is 19.0 Å². The Kier molecular flexibility index (Phi) is 4.46. The number of carbonyl (C=O) groups excluding carboxylic acids is 1. The van der Waals surface area contributed by atoms with Crippen LogP contribution in [0.5, 0.6) is 0 Å². The van der Waals surface area contributed by atoms with Crippen LogP contribution in [0.2, 0.25) is 0 Å². The van der Waals surface area contributed by atoms with Crippen molar-refractivity contribution in [2.45, 2.75) is 13.0 Å².